The molecule has 9 nitrogen and oxygen atoms in total. The van der Waals surface area contributed by atoms with Crippen LogP contribution in [0, 0.1) is 0 Å². The van der Waals surface area contributed by atoms with Crippen molar-refractivity contribution in [2.45, 2.75) is 51.2 Å². The number of hydrogen-bond donors (Lipinski definition) is 2. The van der Waals surface area contributed by atoms with Gasteiger partial charge < -0.3 is 25.2 Å². The molecule has 0 aromatic heterocycles. The van der Waals surface area contributed by atoms with Crippen molar-refractivity contribution < 1.29 is 14.4 Å². The van der Waals surface area contributed by atoms with Crippen molar-refractivity contribution in [2.24, 2.45) is 0 Å². The number of benzene rings is 1. The molecule has 2 saturated heterocycles. The van der Waals surface area contributed by atoms with E-state index >= 15 is 0 Å². The Morgan fingerprint density at radius 3 is 2.29 bits per heavy atom. The van der Waals surface area contributed by atoms with Gasteiger partial charge in [0.25, 0.3) is 0 Å². The number of anilines is 2. The Morgan fingerprint density at radius 1 is 1.09 bits per heavy atom. The lowest BCUT2D eigenvalue weighted by Crippen LogP contribution is -2.51. The van der Waals surface area contributed by atoms with Gasteiger partial charge in [-0.1, -0.05) is 6.07 Å². The lowest BCUT2D eigenvalue weighted by molar-refractivity contribution is -0.109. The lowest BCUT2D eigenvalue weighted by Gasteiger charge is -2.40. The fourth-order valence-electron chi connectivity index (χ4n) is 4.84. The molecular formula is C26H44N6O3. The number of nitrogens with zero attached hydrogens (tertiary/aromatic N) is 4. The molecule has 9 heteroatoms. The quantitative estimate of drug-likeness (QED) is 0.454. The summed E-state index contributed by atoms with van der Waals surface area (Å²) in [5.74, 6) is 0. The van der Waals surface area contributed by atoms with E-state index in [4.69, 9.17) is 4.79 Å². The fraction of sp³-hybridized carbons (Fsp3) is 0.654. The minimum atomic E-state index is -0.0173. The van der Waals surface area contributed by atoms with Crippen molar-refractivity contribution in [3.8, 4) is 0 Å². The molecule has 35 heavy (non-hydrogen) atoms. The fourth-order valence-corrected chi connectivity index (χ4v) is 4.84. The number of amides is 2. The van der Waals surface area contributed by atoms with Crippen LogP contribution in [0.2, 0.25) is 0 Å². The van der Waals surface area contributed by atoms with Gasteiger partial charge in [-0.3, -0.25) is 19.4 Å². The van der Waals surface area contributed by atoms with Gasteiger partial charge in [0.05, 0.1) is 11.4 Å². The Balaban J connectivity index is 0.00000100. The summed E-state index contributed by atoms with van der Waals surface area (Å²) in [4.78, 5) is 40.7. The Bertz CT molecular complexity index is 776. The first-order valence-electron chi connectivity index (χ1n) is 12.7. The zero-order chi connectivity index (χ0) is 25.6. The van der Waals surface area contributed by atoms with Gasteiger partial charge >= 0.3 is 0 Å². The second-order valence-corrected chi connectivity index (χ2v) is 9.52. The molecular weight excluding hydrogens is 444 g/mol. The number of carbonyl (C=O) groups is 3. The van der Waals surface area contributed by atoms with Crippen molar-refractivity contribution in [3.05, 3.63) is 23.8 Å². The zero-order valence-electron chi connectivity index (χ0n) is 21.9. The molecule has 0 bridgehead atoms. The van der Waals surface area contributed by atoms with Crippen molar-refractivity contribution in [2.75, 3.05) is 70.2 Å². The Kier molecular flexibility index (Phi) is 12.7. The van der Waals surface area contributed by atoms with E-state index in [0.717, 1.165) is 62.8 Å². The van der Waals surface area contributed by atoms with Crippen molar-refractivity contribution >= 4 is 30.5 Å². The van der Waals surface area contributed by atoms with Crippen LogP contribution < -0.4 is 20.4 Å². The van der Waals surface area contributed by atoms with Crippen LogP contribution >= 0.6 is 0 Å². The minimum absolute atomic E-state index is 0.0173. The maximum atomic E-state index is 11.9. The maximum Gasteiger partial charge on any atom is 0.214 e. The molecule has 2 aliphatic rings. The van der Waals surface area contributed by atoms with E-state index in [-0.39, 0.29) is 6.04 Å². The van der Waals surface area contributed by atoms with Crippen LogP contribution in [0.3, 0.4) is 0 Å². The third-order valence-electron chi connectivity index (χ3n) is 6.84. The summed E-state index contributed by atoms with van der Waals surface area (Å²) in [6.45, 7) is 9.79. The summed E-state index contributed by atoms with van der Waals surface area (Å²) in [5.41, 5.74) is 3.22. The number of hydrogen-bond acceptors (Lipinski definition) is 7. The molecule has 0 saturated carbocycles. The molecule has 1 unspecified atom stereocenters. The molecule has 1 aromatic rings. The van der Waals surface area contributed by atoms with Crippen molar-refractivity contribution in [3.63, 3.8) is 0 Å². The van der Waals surface area contributed by atoms with Crippen LogP contribution in [0.25, 0.3) is 0 Å². The van der Waals surface area contributed by atoms with E-state index in [2.05, 4.69) is 43.5 Å². The SMILES string of the molecule is CC(CCC=O)N(C=O)c1ccc(CN2CCC(N3CCNCC3)CC2)cc1N(C)C.CNC=O. The van der Waals surface area contributed by atoms with E-state index in [1.54, 1.807) is 11.9 Å². The molecule has 196 valence electrons. The van der Waals surface area contributed by atoms with Gasteiger partial charge in [-0.25, -0.2) is 0 Å². The molecule has 2 heterocycles. The smallest absolute Gasteiger partial charge is 0.214 e. The van der Waals surface area contributed by atoms with E-state index in [1.807, 2.05) is 21.0 Å². The molecule has 2 amide bonds. The summed E-state index contributed by atoms with van der Waals surface area (Å²) >= 11 is 0. The number of nitrogens with one attached hydrogen (secondary N) is 2. The molecule has 0 radical (unpaired) electrons. The minimum Gasteiger partial charge on any atom is -0.376 e. The van der Waals surface area contributed by atoms with Gasteiger partial charge in [0.15, 0.2) is 0 Å². The number of likely N-dealkylation sites (tertiary alicyclic amines) is 1. The number of piperazine rings is 1. The van der Waals surface area contributed by atoms with Crippen LogP contribution in [0.5, 0.6) is 0 Å². The van der Waals surface area contributed by atoms with Crippen LogP contribution in [-0.2, 0) is 20.9 Å². The molecule has 2 fully saturated rings. The average molecular weight is 489 g/mol. The van der Waals surface area contributed by atoms with Gasteiger partial charge in [0.2, 0.25) is 12.8 Å². The summed E-state index contributed by atoms with van der Waals surface area (Å²) in [6.07, 6.45) is 6.04. The van der Waals surface area contributed by atoms with Gasteiger partial charge in [0, 0.05) is 72.4 Å². The zero-order valence-corrected chi connectivity index (χ0v) is 21.9. The Hall–Kier alpha value is -2.49. The van der Waals surface area contributed by atoms with E-state index in [1.165, 1.54) is 31.5 Å². The number of rotatable bonds is 11. The Labute approximate surface area is 210 Å². The molecule has 2 N–H and O–H groups in total. The first kappa shape index (κ1) is 28.7. The molecule has 1 atom stereocenters. The number of piperidine rings is 1. The van der Waals surface area contributed by atoms with E-state index < -0.39 is 0 Å². The second-order valence-electron chi connectivity index (χ2n) is 9.52. The first-order valence-corrected chi connectivity index (χ1v) is 12.7. The molecule has 0 aliphatic carbocycles. The largest absolute Gasteiger partial charge is 0.376 e. The van der Waals surface area contributed by atoms with Crippen molar-refractivity contribution in [1.82, 2.24) is 20.4 Å². The van der Waals surface area contributed by atoms with Gasteiger partial charge in [0.1, 0.15) is 6.29 Å². The maximum absolute atomic E-state index is 11.9. The standard InChI is InChI=1S/C24H39N5O2.C2H5NO/c1-20(5-4-16-30)29(19-31)23-7-6-21(17-24(23)26(2)3)18-27-12-8-22(9-13-27)28-14-10-25-11-15-28;1-3-2-4/h6-7,16-17,19-20,22,25H,4-5,8-15,18H2,1-3H3;2H,1H3,(H,3,4). The number of carbonyl (C=O) groups excluding carboxylic acids is 3. The highest BCUT2D eigenvalue weighted by Gasteiger charge is 2.26. The molecule has 0 spiro atoms. The third kappa shape index (κ3) is 8.91. The summed E-state index contributed by atoms with van der Waals surface area (Å²) < 4.78 is 0. The summed E-state index contributed by atoms with van der Waals surface area (Å²) in [5, 5.41) is 5.70. The average Bonchev–Trinajstić information content (AvgIpc) is 2.89. The normalized spacial score (nSPS) is 18.1. The second kappa shape index (κ2) is 15.5. The highest BCUT2D eigenvalue weighted by atomic mass is 16.1. The summed E-state index contributed by atoms with van der Waals surface area (Å²) in [7, 11) is 5.59. The summed E-state index contributed by atoms with van der Waals surface area (Å²) in [6, 6.07) is 7.13. The van der Waals surface area contributed by atoms with E-state index in [0.29, 0.717) is 19.3 Å². The van der Waals surface area contributed by atoms with Crippen LogP contribution in [0.1, 0.15) is 38.2 Å². The van der Waals surface area contributed by atoms with Crippen LogP contribution in [-0.4, -0.2) is 101 Å². The van der Waals surface area contributed by atoms with Gasteiger partial charge in [-0.2, -0.15) is 0 Å². The predicted octanol–water partition coefficient (Wildman–Crippen LogP) is 1.31. The first-order chi connectivity index (χ1) is 16.9. The van der Waals surface area contributed by atoms with Gasteiger partial charge in [-0.05, 0) is 57.0 Å². The van der Waals surface area contributed by atoms with Crippen LogP contribution in [0.4, 0.5) is 11.4 Å². The topological polar surface area (TPSA) is 88.2 Å². The Morgan fingerprint density at radius 2 is 1.74 bits per heavy atom. The highest BCUT2D eigenvalue weighted by molar-refractivity contribution is 5.84. The van der Waals surface area contributed by atoms with Gasteiger partial charge in [-0.15, -0.1) is 0 Å². The van der Waals surface area contributed by atoms with Crippen LogP contribution in [0.15, 0.2) is 18.2 Å². The monoisotopic (exact) mass is 488 g/mol. The highest BCUT2D eigenvalue weighted by Crippen LogP contribution is 2.31. The van der Waals surface area contributed by atoms with Crippen molar-refractivity contribution in [1.29, 1.82) is 0 Å². The van der Waals surface area contributed by atoms with E-state index in [9.17, 15) is 9.59 Å². The molecule has 3 rings (SSSR count). The third-order valence-corrected chi connectivity index (χ3v) is 6.84. The molecule has 2 aliphatic heterocycles. The number of aldehydes is 1. The predicted molar refractivity (Wildman–Crippen MR) is 142 cm³/mol. The lowest BCUT2D eigenvalue weighted by atomic mass is 10.0. The molecule has 1 aromatic carbocycles.